The third-order valence-corrected chi connectivity index (χ3v) is 8.20. The maximum atomic E-state index is 13.1. The minimum atomic E-state index is -1.25. The Hall–Kier alpha value is -3.65. The first-order valence-electron chi connectivity index (χ1n) is 12.7. The Morgan fingerprint density at radius 1 is 0.872 bits per heavy atom. The van der Waals surface area contributed by atoms with E-state index < -0.39 is 22.9 Å². The third-order valence-electron chi connectivity index (χ3n) is 6.48. The minimum absolute atomic E-state index is 0.243. The molecule has 0 saturated heterocycles. The third kappa shape index (κ3) is 6.50. The van der Waals surface area contributed by atoms with Gasteiger partial charge in [-0.1, -0.05) is 66.2 Å². The fourth-order valence-electron chi connectivity index (χ4n) is 4.52. The van der Waals surface area contributed by atoms with Gasteiger partial charge < -0.3 is 19.5 Å². The molecule has 2 unspecified atom stereocenters. The van der Waals surface area contributed by atoms with E-state index in [0.29, 0.717) is 23.9 Å². The van der Waals surface area contributed by atoms with E-state index in [1.165, 1.54) is 0 Å². The average Bonchev–Trinajstić information content (AvgIpc) is 2.96. The van der Waals surface area contributed by atoms with Crippen molar-refractivity contribution in [3.05, 3.63) is 113 Å². The summed E-state index contributed by atoms with van der Waals surface area (Å²) in [6, 6.07) is 30.1. The summed E-state index contributed by atoms with van der Waals surface area (Å²) in [5, 5.41) is 10.2. The van der Waals surface area contributed by atoms with Gasteiger partial charge in [0.15, 0.2) is 6.10 Å². The van der Waals surface area contributed by atoms with E-state index in [0.717, 1.165) is 38.7 Å². The molecule has 1 aliphatic rings. The van der Waals surface area contributed by atoms with Crippen molar-refractivity contribution < 1.29 is 23.6 Å². The summed E-state index contributed by atoms with van der Waals surface area (Å²) >= 11 is 6.27. The molecule has 200 valence electrons. The highest BCUT2D eigenvalue weighted by Gasteiger charge is 2.27. The molecule has 0 spiro atoms. The molecule has 0 amide bonds. The number of rotatable bonds is 11. The molecule has 4 aromatic rings. The Morgan fingerprint density at radius 2 is 1.59 bits per heavy atom. The molecule has 1 N–H and O–H groups in total. The molecule has 0 fully saturated rings. The van der Waals surface area contributed by atoms with Crippen molar-refractivity contribution in [1.82, 2.24) is 0 Å². The van der Waals surface area contributed by atoms with Crippen LogP contribution < -0.4 is 9.64 Å². The number of halogens is 1. The molecule has 39 heavy (non-hydrogen) atoms. The highest BCUT2D eigenvalue weighted by Crippen LogP contribution is 2.42. The fourth-order valence-corrected chi connectivity index (χ4v) is 6.05. The van der Waals surface area contributed by atoms with Gasteiger partial charge in [-0.25, -0.2) is 9.00 Å². The second-order valence-electron chi connectivity index (χ2n) is 9.17. The maximum Gasteiger partial charge on any atom is 0.333 e. The van der Waals surface area contributed by atoms with Crippen LogP contribution in [0, 0.1) is 0 Å². The largest absolute Gasteiger partial charge is 0.494 e. The van der Waals surface area contributed by atoms with Gasteiger partial charge >= 0.3 is 5.97 Å². The Kier molecular flexibility index (Phi) is 8.61. The van der Waals surface area contributed by atoms with Crippen LogP contribution in [-0.4, -0.2) is 34.5 Å². The first-order valence-corrected chi connectivity index (χ1v) is 14.2. The van der Waals surface area contributed by atoms with Crippen LogP contribution in [0.2, 0.25) is 5.02 Å². The second kappa shape index (κ2) is 12.5. The van der Waals surface area contributed by atoms with E-state index in [1.54, 1.807) is 6.07 Å². The lowest BCUT2D eigenvalue weighted by Crippen LogP contribution is -2.26. The van der Waals surface area contributed by atoms with Gasteiger partial charge in [0.1, 0.15) is 5.75 Å². The average molecular weight is 562 g/mol. The number of hydrogen-bond donors (Lipinski definition) is 1. The SMILES string of the molecule is O=C(O)C(Cc1ccc(OCCCN2c3ccccc3S(=O)c3ccc(Cl)cc32)cc1)OCc1ccccc1. The Morgan fingerprint density at radius 3 is 2.36 bits per heavy atom. The molecule has 0 aliphatic carbocycles. The lowest BCUT2D eigenvalue weighted by Gasteiger charge is -2.32. The molecule has 1 aliphatic heterocycles. The first kappa shape index (κ1) is 26.9. The van der Waals surface area contributed by atoms with E-state index in [2.05, 4.69) is 4.90 Å². The zero-order chi connectivity index (χ0) is 27.2. The minimum Gasteiger partial charge on any atom is -0.494 e. The quantitative estimate of drug-likeness (QED) is 0.207. The van der Waals surface area contributed by atoms with Gasteiger partial charge in [-0.2, -0.15) is 0 Å². The number of hydrogen-bond acceptors (Lipinski definition) is 5. The zero-order valence-corrected chi connectivity index (χ0v) is 22.7. The molecule has 0 bridgehead atoms. The summed E-state index contributed by atoms with van der Waals surface area (Å²) in [6.45, 7) is 1.39. The lowest BCUT2D eigenvalue weighted by molar-refractivity contribution is -0.151. The zero-order valence-electron chi connectivity index (χ0n) is 21.2. The van der Waals surface area contributed by atoms with E-state index in [1.807, 2.05) is 91.0 Å². The van der Waals surface area contributed by atoms with Crippen LogP contribution in [0.15, 0.2) is 107 Å². The van der Waals surface area contributed by atoms with E-state index >= 15 is 0 Å². The van der Waals surface area contributed by atoms with Gasteiger partial charge in [0.05, 0.1) is 45.2 Å². The summed E-state index contributed by atoms with van der Waals surface area (Å²) in [7, 11) is -1.25. The summed E-state index contributed by atoms with van der Waals surface area (Å²) in [6.07, 6.45) is 0.0542. The van der Waals surface area contributed by atoms with E-state index in [4.69, 9.17) is 21.1 Å². The number of carboxylic acid groups (broad SMARTS) is 1. The number of para-hydroxylation sites is 1. The molecule has 0 radical (unpaired) electrons. The van der Waals surface area contributed by atoms with Crippen LogP contribution in [0.5, 0.6) is 5.75 Å². The van der Waals surface area contributed by atoms with Crippen molar-refractivity contribution in [1.29, 1.82) is 0 Å². The topological polar surface area (TPSA) is 76.1 Å². The lowest BCUT2D eigenvalue weighted by atomic mass is 10.1. The second-order valence-corrected chi connectivity index (χ2v) is 11.0. The van der Waals surface area contributed by atoms with Crippen molar-refractivity contribution in [2.45, 2.75) is 35.3 Å². The van der Waals surface area contributed by atoms with Crippen molar-refractivity contribution >= 4 is 39.7 Å². The molecule has 8 heteroatoms. The standard InChI is InChI=1S/C31H28ClNO5S/c32-24-13-16-30-27(20-24)33(26-9-4-5-10-29(26)39(30)36)17-6-18-37-25-14-11-22(12-15-25)19-28(31(34)35)38-21-23-7-2-1-3-8-23/h1-5,7-16,20,28H,6,17-19,21H2,(H,34,35). The Labute approximate surface area is 235 Å². The smallest absolute Gasteiger partial charge is 0.333 e. The van der Waals surface area contributed by atoms with Crippen LogP contribution in [-0.2, 0) is 33.4 Å². The van der Waals surface area contributed by atoms with Gasteiger partial charge in [0.25, 0.3) is 0 Å². The van der Waals surface area contributed by atoms with Crippen LogP contribution in [0.25, 0.3) is 0 Å². The Bertz CT molecular complexity index is 1460. The number of benzene rings is 4. The van der Waals surface area contributed by atoms with Gasteiger partial charge in [-0.3, -0.25) is 0 Å². The Balaban J connectivity index is 1.16. The van der Waals surface area contributed by atoms with Crippen LogP contribution in [0.1, 0.15) is 17.5 Å². The predicted molar refractivity (Wildman–Crippen MR) is 152 cm³/mol. The summed E-state index contributed by atoms with van der Waals surface area (Å²) in [5.41, 5.74) is 3.55. The van der Waals surface area contributed by atoms with Gasteiger partial charge in [0, 0.05) is 18.0 Å². The highest BCUT2D eigenvalue weighted by atomic mass is 35.5. The number of carboxylic acids is 1. The molecule has 0 aromatic heterocycles. The van der Waals surface area contributed by atoms with Gasteiger partial charge in [-0.15, -0.1) is 0 Å². The van der Waals surface area contributed by atoms with E-state index in [-0.39, 0.29) is 13.0 Å². The molecule has 0 saturated carbocycles. The molecule has 2 atom stereocenters. The van der Waals surface area contributed by atoms with Crippen molar-refractivity contribution in [2.75, 3.05) is 18.1 Å². The van der Waals surface area contributed by atoms with Crippen LogP contribution in [0.3, 0.4) is 0 Å². The van der Waals surface area contributed by atoms with Crippen LogP contribution in [0.4, 0.5) is 11.4 Å². The number of fused-ring (bicyclic) bond motifs is 2. The van der Waals surface area contributed by atoms with Crippen molar-refractivity contribution in [2.24, 2.45) is 0 Å². The molecular formula is C31H28ClNO5S. The van der Waals surface area contributed by atoms with Crippen molar-refractivity contribution in [3.63, 3.8) is 0 Å². The maximum absolute atomic E-state index is 13.1. The number of anilines is 2. The highest BCUT2D eigenvalue weighted by molar-refractivity contribution is 7.85. The molecule has 6 nitrogen and oxygen atoms in total. The number of ether oxygens (including phenoxy) is 2. The molecule has 4 aromatic carbocycles. The molecule has 5 rings (SSSR count). The predicted octanol–water partition coefficient (Wildman–Crippen LogP) is 6.64. The van der Waals surface area contributed by atoms with Crippen molar-refractivity contribution in [3.8, 4) is 5.75 Å². The number of nitrogens with zero attached hydrogens (tertiary/aromatic N) is 1. The first-order chi connectivity index (χ1) is 19.0. The summed E-state index contributed by atoms with van der Waals surface area (Å²) in [4.78, 5) is 15.4. The van der Waals surface area contributed by atoms with E-state index in [9.17, 15) is 14.1 Å². The van der Waals surface area contributed by atoms with Gasteiger partial charge in [-0.05, 0) is 60.0 Å². The number of carbonyl (C=O) groups is 1. The molecule has 1 heterocycles. The fraction of sp³-hybridized carbons (Fsp3) is 0.194. The van der Waals surface area contributed by atoms with Gasteiger partial charge in [0.2, 0.25) is 0 Å². The molecular weight excluding hydrogens is 534 g/mol. The normalized spacial score (nSPS) is 14.8. The monoisotopic (exact) mass is 561 g/mol. The summed E-state index contributed by atoms with van der Waals surface area (Å²) in [5.74, 6) is -0.281. The van der Waals surface area contributed by atoms with Crippen LogP contribution >= 0.6 is 11.6 Å². The number of aliphatic carboxylic acids is 1. The summed E-state index contributed by atoms with van der Waals surface area (Å²) < 4.78 is 24.7.